The summed E-state index contributed by atoms with van der Waals surface area (Å²) in [6, 6.07) is 11.5. The molecule has 0 unspecified atom stereocenters. The zero-order valence-corrected chi connectivity index (χ0v) is 9.74. The van der Waals surface area contributed by atoms with Crippen molar-refractivity contribution in [1.29, 1.82) is 0 Å². The molecule has 0 atom stereocenters. The molecule has 0 saturated heterocycles. The Morgan fingerprint density at radius 2 is 1.95 bits per heavy atom. The summed E-state index contributed by atoms with van der Waals surface area (Å²) < 4.78 is 5.70. The molecular weight excluding hydrogens is 246 g/mol. The fourth-order valence-corrected chi connectivity index (χ4v) is 1.79. The number of fused-ring (bicyclic) bond motifs is 1. The van der Waals surface area contributed by atoms with E-state index in [0.29, 0.717) is 11.5 Å². The number of non-ortho nitro benzene ring substituents is 1. The van der Waals surface area contributed by atoms with Gasteiger partial charge in [0.05, 0.1) is 22.0 Å². The number of hydrogen-bond acceptors (Lipinski definition) is 4. The molecule has 0 amide bonds. The molecule has 0 spiro atoms. The Morgan fingerprint density at radius 1 is 1.16 bits per heavy atom. The van der Waals surface area contributed by atoms with Gasteiger partial charge in [0, 0.05) is 12.1 Å². The highest BCUT2D eigenvalue weighted by atomic mass is 16.6. The van der Waals surface area contributed by atoms with Crippen LogP contribution in [0.3, 0.4) is 0 Å². The molecular formula is C13H9N3O3. The highest BCUT2D eigenvalue weighted by Crippen LogP contribution is 2.29. The maximum Gasteiger partial charge on any atom is 0.269 e. The fraction of sp³-hybridized carbons (Fsp3) is 0. The number of nitro benzene ring substituents is 1. The van der Waals surface area contributed by atoms with Crippen molar-refractivity contribution in [3.8, 4) is 11.5 Å². The van der Waals surface area contributed by atoms with Gasteiger partial charge in [-0.25, -0.2) is 0 Å². The van der Waals surface area contributed by atoms with Gasteiger partial charge in [-0.05, 0) is 24.3 Å². The molecule has 6 nitrogen and oxygen atoms in total. The summed E-state index contributed by atoms with van der Waals surface area (Å²) in [6.45, 7) is 0. The molecule has 3 aromatic rings. The van der Waals surface area contributed by atoms with Crippen LogP contribution < -0.4 is 4.74 Å². The summed E-state index contributed by atoms with van der Waals surface area (Å²) in [5.41, 5.74) is 0.910. The lowest BCUT2D eigenvalue weighted by Gasteiger charge is -2.06. The van der Waals surface area contributed by atoms with Gasteiger partial charge in [-0.1, -0.05) is 6.07 Å². The topological polar surface area (TPSA) is 81.0 Å². The third kappa shape index (κ3) is 2.11. The van der Waals surface area contributed by atoms with Gasteiger partial charge in [0.25, 0.3) is 5.69 Å². The molecule has 94 valence electrons. The summed E-state index contributed by atoms with van der Waals surface area (Å²) in [5.74, 6) is 1.19. The first-order valence-corrected chi connectivity index (χ1v) is 5.58. The van der Waals surface area contributed by atoms with Crippen LogP contribution in [0.2, 0.25) is 0 Å². The highest BCUT2D eigenvalue weighted by Gasteiger charge is 2.07. The average molecular weight is 255 g/mol. The van der Waals surface area contributed by atoms with Crippen molar-refractivity contribution < 1.29 is 9.66 Å². The van der Waals surface area contributed by atoms with Crippen LogP contribution in [0.5, 0.6) is 11.5 Å². The first kappa shape index (κ1) is 11.2. The minimum Gasteiger partial charge on any atom is -0.457 e. The Morgan fingerprint density at radius 3 is 2.68 bits per heavy atom. The van der Waals surface area contributed by atoms with Crippen LogP contribution in [0.1, 0.15) is 0 Å². The molecule has 3 rings (SSSR count). The van der Waals surface area contributed by atoms with Crippen LogP contribution in [0.4, 0.5) is 5.69 Å². The van der Waals surface area contributed by atoms with Gasteiger partial charge in [0.15, 0.2) is 0 Å². The second kappa shape index (κ2) is 4.41. The molecule has 0 bridgehead atoms. The minimum atomic E-state index is -0.444. The van der Waals surface area contributed by atoms with E-state index < -0.39 is 4.92 Å². The molecule has 0 aliphatic carbocycles. The van der Waals surface area contributed by atoms with Crippen molar-refractivity contribution in [2.45, 2.75) is 0 Å². The van der Waals surface area contributed by atoms with Gasteiger partial charge >= 0.3 is 0 Å². The Labute approximate surface area is 107 Å². The second-order valence-electron chi connectivity index (χ2n) is 3.94. The number of nitro groups is 1. The van der Waals surface area contributed by atoms with Crippen LogP contribution in [-0.2, 0) is 0 Å². The van der Waals surface area contributed by atoms with Crippen molar-refractivity contribution in [1.82, 2.24) is 10.2 Å². The number of ether oxygens (including phenoxy) is 1. The molecule has 0 aliphatic heterocycles. The zero-order chi connectivity index (χ0) is 13.2. The molecule has 1 N–H and O–H groups in total. The van der Waals surface area contributed by atoms with E-state index in [0.717, 1.165) is 10.9 Å². The highest BCUT2D eigenvalue weighted by molar-refractivity contribution is 5.84. The fourth-order valence-electron chi connectivity index (χ4n) is 1.79. The number of aromatic amines is 1. The SMILES string of the molecule is O=[N+]([O-])c1ccc(Oc2cccc3[nH]ncc23)cc1. The number of H-pyrrole nitrogens is 1. The lowest BCUT2D eigenvalue weighted by atomic mass is 10.2. The molecule has 2 aromatic carbocycles. The predicted molar refractivity (Wildman–Crippen MR) is 69.3 cm³/mol. The molecule has 6 heteroatoms. The van der Waals surface area contributed by atoms with Crippen LogP contribution in [0.15, 0.2) is 48.7 Å². The quantitative estimate of drug-likeness (QED) is 0.575. The van der Waals surface area contributed by atoms with Crippen molar-refractivity contribution in [3.05, 3.63) is 58.8 Å². The van der Waals surface area contributed by atoms with Gasteiger partial charge < -0.3 is 4.74 Å². The summed E-state index contributed by atoms with van der Waals surface area (Å²) >= 11 is 0. The maximum atomic E-state index is 10.6. The minimum absolute atomic E-state index is 0.0360. The number of benzene rings is 2. The third-order valence-electron chi connectivity index (χ3n) is 2.72. The molecule has 0 fully saturated rings. The number of hydrogen-bond donors (Lipinski definition) is 1. The lowest BCUT2D eigenvalue weighted by molar-refractivity contribution is -0.384. The van der Waals surface area contributed by atoms with Gasteiger partial charge in [0.2, 0.25) is 0 Å². The normalized spacial score (nSPS) is 10.5. The molecule has 19 heavy (non-hydrogen) atoms. The molecule has 0 aliphatic rings. The van der Waals surface area contributed by atoms with E-state index in [-0.39, 0.29) is 5.69 Å². The van der Waals surface area contributed by atoms with Gasteiger partial charge in [-0.15, -0.1) is 0 Å². The number of nitrogens with zero attached hydrogens (tertiary/aromatic N) is 2. The van der Waals surface area contributed by atoms with Crippen LogP contribution in [0, 0.1) is 10.1 Å². The van der Waals surface area contributed by atoms with Crippen LogP contribution in [-0.4, -0.2) is 15.1 Å². The Hall–Kier alpha value is -2.89. The van der Waals surface area contributed by atoms with E-state index in [1.807, 2.05) is 18.2 Å². The Bertz CT molecular complexity index is 734. The largest absolute Gasteiger partial charge is 0.457 e. The standard InChI is InChI=1S/C13H9N3O3/c17-16(18)9-4-6-10(7-5-9)19-13-3-1-2-12-11(13)8-14-15-12/h1-8H,(H,14,15). The third-order valence-corrected chi connectivity index (χ3v) is 2.72. The summed E-state index contributed by atoms with van der Waals surface area (Å²) in [6.07, 6.45) is 1.68. The van der Waals surface area contributed by atoms with Crippen molar-refractivity contribution in [2.24, 2.45) is 0 Å². The molecule has 0 saturated carbocycles. The number of nitrogens with one attached hydrogen (secondary N) is 1. The summed E-state index contributed by atoms with van der Waals surface area (Å²) in [5, 5.41) is 18.2. The van der Waals surface area contributed by atoms with Crippen LogP contribution in [0.25, 0.3) is 10.9 Å². The first-order valence-electron chi connectivity index (χ1n) is 5.58. The monoisotopic (exact) mass is 255 g/mol. The van der Waals surface area contributed by atoms with Crippen LogP contribution >= 0.6 is 0 Å². The molecule has 1 aromatic heterocycles. The average Bonchev–Trinajstić information content (AvgIpc) is 2.89. The first-order chi connectivity index (χ1) is 9.24. The predicted octanol–water partition coefficient (Wildman–Crippen LogP) is 3.26. The molecule has 0 radical (unpaired) electrons. The van der Waals surface area contributed by atoms with E-state index in [2.05, 4.69) is 10.2 Å². The van der Waals surface area contributed by atoms with E-state index in [4.69, 9.17) is 4.74 Å². The number of rotatable bonds is 3. The number of aromatic nitrogens is 2. The van der Waals surface area contributed by atoms with E-state index >= 15 is 0 Å². The summed E-state index contributed by atoms with van der Waals surface area (Å²) in [4.78, 5) is 10.1. The second-order valence-corrected chi connectivity index (χ2v) is 3.94. The Kier molecular flexibility index (Phi) is 2.60. The van der Waals surface area contributed by atoms with Gasteiger partial charge in [-0.2, -0.15) is 5.10 Å². The van der Waals surface area contributed by atoms with Crippen molar-refractivity contribution in [3.63, 3.8) is 0 Å². The maximum absolute atomic E-state index is 10.6. The van der Waals surface area contributed by atoms with E-state index in [1.165, 1.54) is 12.1 Å². The van der Waals surface area contributed by atoms with Crippen molar-refractivity contribution in [2.75, 3.05) is 0 Å². The van der Waals surface area contributed by atoms with Crippen molar-refractivity contribution >= 4 is 16.6 Å². The molecule has 1 heterocycles. The summed E-state index contributed by atoms with van der Waals surface area (Å²) in [7, 11) is 0. The smallest absolute Gasteiger partial charge is 0.269 e. The van der Waals surface area contributed by atoms with E-state index in [9.17, 15) is 10.1 Å². The zero-order valence-electron chi connectivity index (χ0n) is 9.74. The van der Waals surface area contributed by atoms with Gasteiger partial charge in [-0.3, -0.25) is 15.2 Å². The van der Waals surface area contributed by atoms with Gasteiger partial charge in [0.1, 0.15) is 11.5 Å². The Balaban J connectivity index is 1.92. The lowest BCUT2D eigenvalue weighted by Crippen LogP contribution is -1.88. The van der Waals surface area contributed by atoms with E-state index in [1.54, 1.807) is 18.3 Å².